The first-order chi connectivity index (χ1) is 14.0. The van der Waals surface area contributed by atoms with E-state index in [9.17, 15) is 5.11 Å². The molecule has 7 nitrogen and oxygen atoms in total. The molecule has 0 saturated carbocycles. The molecule has 2 aliphatic rings. The molecule has 1 aromatic heterocycles. The Hall–Kier alpha value is -2.85. The Morgan fingerprint density at radius 1 is 1.24 bits per heavy atom. The number of hydrogen-bond acceptors (Lipinski definition) is 7. The molecular weight excluding hydrogens is 364 g/mol. The number of phenolic OH excluding ortho intramolecular Hbond substituents is 1. The maximum atomic E-state index is 10.4. The van der Waals surface area contributed by atoms with Crippen molar-refractivity contribution < 1.29 is 5.11 Å². The summed E-state index contributed by atoms with van der Waals surface area (Å²) in [6, 6.07) is 7.44. The molecule has 1 saturated heterocycles. The third-order valence-corrected chi connectivity index (χ3v) is 6.25. The first-order valence-electron chi connectivity index (χ1n) is 10.3. The normalized spacial score (nSPS) is 19.7. The van der Waals surface area contributed by atoms with Crippen molar-refractivity contribution in [3.05, 3.63) is 29.3 Å². The van der Waals surface area contributed by atoms with Crippen LogP contribution in [-0.4, -0.2) is 66.0 Å². The van der Waals surface area contributed by atoms with Crippen molar-refractivity contribution in [2.24, 2.45) is 0 Å². The summed E-state index contributed by atoms with van der Waals surface area (Å²) >= 11 is 0. The first kappa shape index (κ1) is 19.5. The molecule has 1 N–H and O–H groups in total. The van der Waals surface area contributed by atoms with Gasteiger partial charge in [0.25, 0.3) is 0 Å². The number of phenols is 1. The number of benzene rings is 1. The Morgan fingerprint density at radius 3 is 2.79 bits per heavy atom. The van der Waals surface area contributed by atoms with E-state index in [2.05, 4.69) is 44.9 Å². The molecule has 2 aromatic rings. The summed E-state index contributed by atoms with van der Waals surface area (Å²) in [7, 11) is 2.09. The second-order valence-electron chi connectivity index (χ2n) is 7.99. The van der Waals surface area contributed by atoms with Gasteiger partial charge in [-0.25, -0.2) is 0 Å². The summed E-state index contributed by atoms with van der Waals surface area (Å²) in [5.41, 5.74) is 3.79. The van der Waals surface area contributed by atoms with Crippen LogP contribution in [0, 0.1) is 18.3 Å². The van der Waals surface area contributed by atoms with Crippen molar-refractivity contribution in [2.45, 2.75) is 32.7 Å². The van der Waals surface area contributed by atoms with Gasteiger partial charge < -0.3 is 19.8 Å². The van der Waals surface area contributed by atoms with Crippen LogP contribution in [0.4, 0.5) is 11.5 Å². The average Bonchev–Trinajstić information content (AvgIpc) is 2.74. The lowest BCUT2D eigenvalue weighted by Gasteiger charge is -2.44. The van der Waals surface area contributed by atoms with Crippen molar-refractivity contribution in [3.8, 4) is 23.1 Å². The Kier molecular flexibility index (Phi) is 5.29. The minimum atomic E-state index is 0.0580. The summed E-state index contributed by atoms with van der Waals surface area (Å²) in [5, 5.41) is 28.6. The van der Waals surface area contributed by atoms with E-state index >= 15 is 0 Å². The van der Waals surface area contributed by atoms with E-state index in [4.69, 9.17) is 5.26 Å². The minimum absolute atomic E-state index is 0.0580. The largest absolute Gasteiger partial charge is 0.507 e. The molecule has 0 bridgehead atoms. The fraction of sp³-hybridized carbons (Fsp3) is 0.500. The highest BCUT2D eigenvalue weighted by molar-refractivity contribution is 5.81. The molecule has 3 heterocycles. The van der Waals surface area contributed by atoms with Crippen LogP contribution in [0.2, 0.25) is 0 Å². The maximum absolute atomic E-state index is 10.4. The van der Waals surface area contributed by atoms with Crippen LogP contribution in [0.3, 0.4) is 0 Å². The van der Waals surface area contributed by atoms with Crippen molar-refractivity contribution in [3.63, 3.8) is 0 Å². The molecule has 0 unspecified atom stereocenters. The third-order valence-electron chi connectivity index (χ3n) is 6.25. The van der Waals surface area contributed by atoms with Crippen molar-refractivity contribution >= 4 is 11.5 Å². The van der Waals surface area contributed by atoms with Gasteiger partial charge in [-0.15, -0.1) is 10.2 Å². The number of anilines is 2. The Balaban J connectivity index is 1.74. The molecule has 152 valence electrons. The number of aromatic hydroxyl groups is 1. The maximum Gasteiger partial charge on any atom is 0.175 e. The summed E-state index contributed by atoms with van der Waals surface area (Å²) in [4.78, 5) is 7.18. The number of rotatable bonds is 3. The highest BCUT2D eigenvalue weighted by Crippen LogP contribution is 2.40. The molecule has 4 rings (SSSR count). The van der Waals surface area contributed by atoms with Gasteiger partial charge in [0.05, 0.1) is 17.3 Å². The third kappa shape index (κ3) is 3.49. The molecule has 29 heavy (non-hydrogen) atoms. The zero-order chi connectivity index (χ0) is 20.5. The van der Waals surface area contributed by atoms with Gasteiger partial charge in [-0.2, -0.15) is 5.26 Å². The van der Waals surface area contributed by atoms with Crippen LogP contribution >= 0.6 is 0 Å². The molecule has 1 aromatic carbocycles. The summed E-state index contributed by atoms with van der Waals surface area (Å²) in [6.07, 6.45) is 2.39. The lowest BCUT2D eigenvalue weighted by Crippen LogP contribution is -2.52. The van der Waals surface area contributed by atoms with Gasteiger partial charge in [0, 0.05) is 43.9 Å². The van der Waals surface area contributed by atoms with Crippen molar-refractivity contribution in [2.75, 3.05) is 49.6 Å². The number of fused-ring (bicyclic) bond motifs is 1. The predicted octanol–water partition coefficient (Wildman–Crippen LogP) is 2.77. The number of nitriles is 1. The standard InChI is InChI=1S/C22H28N6O/c1-4-27-9-5-6-17(14-27)28-11-10-26(3)21-15(2)20(24-25-22(21)28)18-8-7-16(13-23)12-19(18)29/h7-8,12,17,29H,4-6,9-11,14H2,1-3H3/t17-/m1/s1. The van der Waals surface area contributed by atoms with Gasteiger partial charge in [-0.05, 0) is 51.1 Å². The van der Waals surface area contributed by atoms with Crippen LogP contribution in [0.25, 0.3) is 11.3 Å². The highest BCUT2D eigenvalue weighted by Gasteiger charge is 2.33. The molecule has 1 atom stereocenters. The number of likely N-dealkylation sites (tertiary alicyclic amines) is 1. The second-order valence-corrected chi connectivity index (χ2v) is 7.99. The van der Waals surface area contributed by atoms with E-state index in [0.29, 0.717) is 22.9 Å². The minimum Gasteiger partial charge on any atom is -0.507 e. The first-order valence-corrected chi connectivity index (χ1v) is 10.3. The second kappa shape index (κ2) is 7.88. The molecule has 0 radical (unpaired) electrons. The highest BCUT2D eigenvalue weighted by atomic mass is 16.3. The number of aromatic nitrogens is 2. The lowest BCUT2D eigenvalue weighted by atomic mass is 10.00. The topological polar surface area (TPSA) is 79.5 Å². The summed E-state index contributed by atoms with van der Waals surface area (Å²) in [5.74, 6) is 0.999. The van der Waals surface area contributed by atoms with Crippen molar-refractivity contribution in [1.29, 1.82) is 5.26 Å². The average molecular weight is 393 g/mol. The van der Waals surface area contributed by atoms with Gasteiger partial charge in [-0.3, -0.25) is 0 Å². The van der Waals surface area contributed by atoms with Gasteiger partial charge in [0.1, 0.15) is 11.4 Å². The van der Waals surface area contributed by atoms with Crippen LogP contribution < -0.4 is 9.80 Å². The molecule has 2 aliphatic heterocycles. The van der Waals surface area contributed by atoms with Gasteiger partial charge in [-0.1, -0.05) is 6.92 Å². The molecule has 0 aliphatic carbocycles. The van der Waals surface area contributed by atoms with Crippen LogP contribution in [0.15, 0.2) is 18.2 Å². The lowest BCUT2D eigenvalue weighted by molar-refractivity contribution is 0.212. The SMILES string of the molecule is CCN1CCC[C@@H](N2CCN(C)c3c2nnc(-c2ccc(C#N)cc2O)c3C)C1. The summed E-state index contributed by atoms with van der Waals surface area (Å²) in [6.45, 7) is 9.47. The molecule has 0 amide bonds. The number of piperidine rings is 1. The van der Waals surface area contributed by atoms with Gasteiger partial charge in [0.15, 0.2) is 5.82 Å². The monoisotopic (exact) mass is 392 g/mol. The Bertz CT molecular complexity index is 953. The van der Waals surface area contributed by atoms with E-state index in [-0.39, 0.29) is 5.75 Å². The Morgan fingerprint density at radius 2 is 2.07 bits per heavy atom. The zero-order valence-electron chi connectivity index (χ0n) is 17.4. The predicted molar refractivity (Wildman–Crippen MR) is 114 cm³/mol. The quantitative estimate of drug-likeness (QED) is 0.860. The molecule has 0 spiro atoms. The van der Waals surface area contributed by atoms with Gasteiger partial charge in [0.2, 0.25) is 0 Å². The zero-order valence-corrected chi connectivity index (χ0v) is 17.4. The van der Waals surface area contributed by atoms with Crippen molar-refractivity contribution in [1.82, 2.24) is 15.1 Å². The molecular formula is C22H28N6O. The van der Waals surface area contributed by atoms with E-state index in [1.54, 1.807) is 12.1 Å². The van der Waals surface area contributed by atoms with Crippen LogP contribution in [0.5, 0.6) is 5.75 Å². The fourth-order valence-electron chi connectivity index (χ4n) is 4.61. The summed E-state index contributed by atoms with van der Waals surface area (Å²) < 4.78 is 0. The molecule has 1 fully saturated rings. The fourth-order valence-corrected chi connectivity index (χ4v) is 4.61. The van der Waals surface area contributed by atoms with Crippen LogP contribution in [-0.2, 0) is 0 Å². The van der Waals surface area contributed by atoms with E-state index in [0.717, 1.165) is 43.2 Å². The smallest absolute Gasteiger partial charge is 0.175 e. The van der Waals surface area contributed by atoms with E-state index in [1.807, 2.05) is 6.92 Å². The van der Waals surface area contributed by atoms with E-state index in [1.165, 1.54) is 25.5 Å². The number of hydrogen-bond donors (Lipinski definition) is 1. The molecule has 7 heteroatoms. The van der Waals surface area contributed by atoms with Gasteiger partial charge >= 0.3 is 0 Å². The Labute approximate surface area is 172 Å². The van der Waals surface area contributed by atoms with E-state index < -0.39 is 0 Å². The number of likely N-dealkylation sites (N-methyl/N-ethyl adjacent to an activating group) is 2. The number of nitrogens with zero attached hydrogens (tertiary/aromatic N) is 6. The van der Waals surface area contributed by atoms with Crippen LogP contribution in [0.1, 0.15) is 30.9 Å².